The molecule has 7 heteroatoms. The van der Waals surface area contributed by atoms with Crippen molar-refractivity contribution in [2.24, 2.45) is 12.5 Å². The van der Waals surface area contributed by atoms with Crippen molar-refractivity contribution in [3.63, 3.8) is 0 Å². The van der Waals surface area contributed by atoms with Gasteiger partial charge in [-0.25, -0.2) is 0 Å². The first kappa shape index (κ1) is 17.7. The van der Waals surface area contributed by atoms with E-state index in [-0.39, 0.29) is 0 Å². The van der Waals surface area contributed by atoms with Gasteiger partial charge in [-0.2, -0.15) is 5.10 Å². The van der Waals surface area contributed by atoms with Gasteiger partial charge in [-0.3, -0.25) is 4.68 Å². The third kappa shape index (κ3) is 3.07. The molecule has 1 aliphatic heterocycles. The highest BCUT2D eigenvalue weighted by Gasteiger charge is 2.44. The molecule has 0 N–H and O–H groups in total. The lowest BCUT2D eigenvalue weighted by Gasteiger charge is -2.52. The fourth-order valence-electron chi connectivity index (χ4n) is 4.59. The summed E-state index contributed by atoms with van der Waals surface area (Å²) in [7, 11) is 3.63. The van der Waals surface area contributed by atoms with E-state index in [0.29, 0.717) is 5.41 Å². The maximum absolute atomic E-state index is 5.67. The van der Waals surface area contributed by atoms with E-state index < -0.39 is 0 Å². The maximum Gasteiger partial charge on any atom is 0.208 e. The SMILES string of the molecule is COc1cc(-c2cnn(C)c2)ccc1-c1nnc(N2CC3(CCCCC3)C2)s1. The number of nitrogens with zero attached hydrogens (tertiary/aromatic N) is 5. The number of anilines is 1. The van der Waals surface area contributed by atoms with Crippen molar-refractivity contribution in [3.8, 4) is 27.4 Å². The van der Waals surface area contributed by atoms with E-state index in [1.54, 1.807) is 23.1 Å². The van der Waals surface area contributed by atoms with E-state index in [4.69, 9.17) is 4.74 Å². The minimum absolute atomic E-state index is 0.549. The molecular formula is C21H25N5OS. The molecule has 3 heterocycles. The maximum atomic E-state index is 5.67. The highest BCUT2D eigenvalue weighted by atomic mass is 32.1. The van der Waals surface area contributed by atoms with Gasteiger partial charge in [-0.1, -0.05) is 36.7 Å². The summed E-state index contributed by atoms with van der Waals surface area (Å²) in [5.41, 5.74) is 3.70. The average molecular weight is 396 g/mol. The first-order chi connectivity index (χ1) is 13.7. The summed E-state index contributed by atoms with van der Waals surface area (Å²) in [4.78, 5) is 2.39. The van der Waals surface area contributed by atoms with Crippen molar-refractivity contribution in [3.05, 3.63) is 30.6 Å². The zero-order chi connectivity index (χ0) is 19.1. The van der Waals surface area contributed by atoms with Crippen LogP contribution in [-0.2, 0) is 7.05 Å². The van der Waals surface area contributed by atoms with Crippen LogP contribution in [0.3, 0.4) is 0 Å². The van der Waals surface area contributed by atoms with Crippen molar-refractivity contribution in [2.45, 2.75) is 32.1 Å². The molecule has 0 amide bonds. The number of aromatic nitrogens is 4. The number of ether oxygens (including phenoxy) is 1. The van der Waals surface area contributed by atoms with Crippen LogP contribution in [0, 0.1) is 5.41 Å². The number of methoxy groups -OCH3 is 1. The topological polar surface area (TPSA) is 56.1 Å². The Hall–Kier alpha value is -2.41. The molecule has 0 bridgehead atoms. The summed E-state index contributed by atoms with van der Waals surface area (Å²) in [6.45, 7) is 2.28. The third-order valence-electron chi connectivity index (χ3n) is 6.12. The second-order valence-corrected chi connectivity index (χ2v) is 9.08. The van der Waals surface area contributed by atoms with Gasteiger partial charge in [-0.15, -0.1) is 10.2 Å². The van der Waals surface area contributed by atoms with Crippen molar-refractivity contribution >= 4 is 16.5 Å². The van der Waals surface area contributed by atoms with Gasteiger partial charge in [0, 0.05) is 37.3 Å². The Bertz CT molecular complexity index is 980. The van der Waals surface area contributed by atoms with Crippen molar-refractivity contribution in [1.82, 2.24) is 20.0 Å². The van der Waals surface area contributed by atoms with Gasteiger partial charge in [-0.05, 0) is 30.5 Å². The Labute approximate surface area is 169 Å². The summed E-state index contributed by atoms with van der Waals surface area (Å²) < 4.78 is 7.47. The summed E-state index contributed by atoms with van der Waals surface area (Å²) in [5.74, 6) is 0.816. The van der Waals surface area contributed by atoms with Crippen LogP contribution in [0.2, 0.25) is 0 Å². The Morgan fingerprint density at radius 2 is 1.89 bits per heavy atom. The quantitative estimate of drug-likeness (QED) is 0.656. The van der Waals surface area contributed by atoms with Crippen LogP contribution in [-0.4, -0.2) is 40.2 Å². The molecule has 6 nitrogen and oxygen atoms in total. The lowest BCUT2D eigenvalue weighted by atomic mass is 9.69. The molecule has 3 aromatic rings. The Morgan fingerprint density at radius 1 is 1.07 bits per heavy atom. The number of rotatable bonds is 4. The zero-order valence-corrected chi connectivity index (χ0v) is 17.2. The standard InChI is InChI=1S/C21H25N5OS/c1-25-12-16(11-22-25)15-6-7-17(18(10-15)27-2)19-23-24-20(28-19)26-13-21(14-26)8-4-3-5-9-21/h6-7,10-12H,3-5,8-9,13-14H2,1-2H3. The molecule has 2 aromatic heterocycles. The van der Waals surface area contributed by atoms with Gasteiger partial charge < -0.3 is 9.64 Å². The van der Waals surface area contributed by atoms with E-state index in [9.17, 15) is 0 Å². The van der Waals surface area contributed by atoms with Crippen LogP contribution in [0.25, 0.3) is 21.7 Å². The van der Waals surface area contributed by atoms with Gasteiger partial charge in [0.05, 0.1) is 18.9 Å². The van der Waals surface area contributed by atoms with E-state index in [2.05, 4.69) is 32.3 Å². The predicted molar refractivity (Wildman–Crippen MR) is 112 cm³/mol. The molecular weight excluding hydrogens is 370 g/mol. The molecule has 0 radical (unpaired) electrons. The largest absolute Gasteiger partial charge is 0.496 e. The summed E-state index contributed by atoms with van der Waals surface area (Å²) in [6, 6.07) is 6.22. The number of benzene rings is 1. The van der Waals surface area contributed by atoms with Gasteiger partial charge in [0.1, 0.15) is 5.75 Å². The molecule has 28 heavy (non-hydrogen) atoms. The van der Waals surface area contributed by atoms with Crippen LogP contribution in [0.4, 0.5) is 5.13 Å². The van der Waals surface area contributed by atoms with Crippen LogP contribution in [0.15, 0.2) is 30.6 Å². The van der Waals surface area contributed by atoms with E-state index in [0.717, 1.165) is 45.7 Å². The van der Waals surface area contributed by atoms with Gasteiger partial charge >= 0.3 is 0 Å². The molecule has 1 aliphatic carbocycles. The van der Waals surface area contributed by atoms with Crippen LogP contribution in [0.5, 0.6) is 5.75 Å². The van der Waals surface area contributed by atoms with E-state index in [1.165, 1.54) is 32.1 Å². The molecule has 1 aromatic carbocycles. The summed E-state index contributed by atoms with van der Waals surface area (Å²) in [5, 5.41) is 15.1. The number of aryl methyl sites for hydroxylation is 1. The first-order valence-corrected chi connectivity index (χ1v) is 10.7. The average Bonchev–Trinajstić information content (AvgIpc) is 3.35. The molecule has 1 saturated carbocycles. The van der Waals surface area contributed by atoms with Crippen LogP contribution in [0.1, 0.15) is 32.1 Å². The van der Waals surface area contributed by atoms with E-state index in [1.807, 2.05) is 25.5 Å². The first-order valence-electron chi connectivity index (χ1n) is 9.92. The molecule has 5 rings (SSSR count). The van der Waals surface area contributed by atoms with Crippen molar-refractivity contribution in [1.29, 1.82) is 0 Å². The monoisotopic (exact) mass is 395 g/mol. The number of hydrogen-bond acceptors (Lipinski definition) is 6. The summed E-state index contributed by atoms with van der Waals surface area (Å²) in [6.07, 6.45) is 10.8. The highest BCUT2D eigenvalue weighted by Crippen LogP contribution is 2.47. The molecule has 1 saturated heterocycles. The Balaban J connectivity index is 1.37. The van der Waals surface area contributed by atoms with Crippen LogP contribution >= 0.6 is 11.3 Å². The molecule has 0 unspecified atom stereocenters. The second kappa shape index (κ2) is 6.88. The predicted octanol–water partition coefficient (Wildman–Crippen LogP) is 4.38. The second-order valence-electron chi connectivity index (χ2n) is 8.12. The van der Waals surface area contributed by atoms with Gasteiger partial charge in [0.2, 0.25) is 5.13 Å². The zero-order valence-electron chi connectivity index (χ0n) is 16.4. The fourth-order valence-corrected chi connectivity index (χ4v) is 5.46. The van der Waals surface area contributed by atoms with Crippen molar-refractivity contribution in [2.75, 3.05) is 25.1 Å². The van der Waals surface area contributed by atoms with Gasteiger partial charge in [0.25, 0.3) is 0 Å². The molecule has 1 spiro atoms. The smallest absolute Gasteiger partial charge is 0.208 e. The molecule has 2 aliphatic rings. The van der Waals surface area contributed by atoms with Crippen molar-refractivity contribution < 1.29 is 4.74 Å². The Morgan fingerprint density at radius 3 is 2.61 bits per heavy atom. The molecule has 0 atom stereocenters. The Kier molecular flexibility index (Phi) is 4.34. The van der Waals surface area contributed by atoms with E-state index >= 15 is 0 Å². The molecule has 146 valence electrons. The highest BCUT2D eigenvalue weighted by molar-refractivity contribution is 7.18. The number of hydrogen-bond donors (Lipinski definition) is 0. The molecule has 2 fully saturated rings. The summed E-state index contributed by atoms with van der Waals surface area (Å²) >= 11 is 1.66. The third-order valence-corrected chi connectivity index (χ3v) is 7.14. The van der Waals surface area contributed by atoms with Crippen LogP contribution < -0.4 is 9.64 Å². The fraction of sp³-hybridized carbons (Fsp3) is 0.476. The minimum atomic E-state index is 0.549. The van der Waals surface area contributed by atoms with Gasteiger partial charge in [0.15, 0.2) is 5.01 Å². The minimum Gasteiger partial charge on any atom is -0.496 e. The lowest BCUT2D eigenvalue weighted by molar-refractivity contribution is 0.139. The lowest BCUT2D eigenvalue weighted by Crippen LogP contribution is -2.57. The normalized spacial score (nSPS) is 18.3.